The maximum Gasteiger partial charge on any atom is 0.317 e. The molecule has 2 unspecified atom stereocenters. The molecule has 2 N–H and O–H groups in total. The minimum atomic E-state index is -0.833. The SMILES string of the molecule is CN(C)CCCN(C)C(=O)NC1CCCC1(C)C(=O)O. The van der Waals surface area contributed by atoms with E-state index in [1.165, 1.54) is 0 Å². The predicted octanol–water partition coefficient (Wildman–Crippen LogP) is 1.22. The van der Waals surface area contributed by atoms with Gasteiger partial charge >= 0.3 is 12.0 Å². The number of nitrogens with one attached hydrogen (secondary N) is 1. The fourth-order valence-corrected chi connectivity index (χ4v) is 2.64. The summed E-state index contributed by atoms with van der Waals surface area (Å²) in [5, 5.41) is 12.2. The van der Waals surface area contributed by atoms with Gasteiger partial charge in [0, 0.05) is 19.6 Å². The van der Waals surface area contributed by atoms with Crippen molar-refractivity contribution in [3.63, 3.8) is 0 Å². The zero-order valence-electron chi connectivity index (χ0n) is 13.0. The Morgan fingerprint density at radius 2 is 1.95 bits per heavy atom. The molecule has 1 fully saturated rings. The normalized spacial score (nSPS) is 25.8. The molecule has 0 aromatic carbocycles. The minimum Gasteiger partial charge on any atom is -0.481 e. The zero-order chi connectivity index (χ0) is 15.3. The molecule has 1 saturated carbocycles. The lowest BCUT2D eigenvalue weighted by atomic mass is 9.85. The number of carbonyl (C=O) groups excluding carboxylic acids is 1. The van der Waals surface area contributed by atoms with Crippen LogP contribution in [0, 0.1) is 5.41 Å². The van der Waals surface area contributed by atoms with Gasteiger partial charge < -0.3 is 20.2 Å². The molecule has 0 aromatic heterocycles. The van der Waals surface area contributed by atoms with Gasteiger partial charge in [0.2, 0.25) is 0 Å². The summed E-state index contributed by atoms with van der Waals surface area (Å²) in [4.78, 5) is 27.2. The molecule has 2 amide bonds. The van der Waals surface area contributed by atoms with Gasteiger partial charge in [-0.3, -0.25) is 4.79 Å². The minimum absolute atomic E-state index is 0.178. The monoisotopic (exact) mass is 285 g/mol. The van der Waals surface area contributed by atoms with Crippen molar-refractivity contribution < 1.29 is 14.7 Å². The van der Waals surface area contributed by atoms with Crippen LogP contribution >= 0.6 is 0 Å². The van der Waals surface area contributed by atoms with E-state index in [1.807, 2.05) is 14.1 Å². The third kappa shape index (κ3) is 4.10. The summed E-state index contributed by atoms with van der Waals surface area (Å²) in [6.45, 7) is 3.31. The molecule has 1 aliphatic carbocycles. The van der Waals surface area contributed by atoms with E-state index in [9.17, 15) is 14.7 Å². The first-order valence-electron chi connectivity index (χ1n) is 7.17. The fourth-order valence-electron chi connectivity index (χ4n) is 2.64. The first-order valence-corrected chi connectivity index (χ1v) is 7.17. The fraction of sp³-hybridized carbons (Fsp3) is 0.857. The molecule has 6 heteroatoms. The molecule has 1 aliphatic rings. The van der Waals surface area contributed by atoms with Crippen molar-refractivity contribution in [2.45, 2.75) is 38.6 Å². The number of rotatable bonds is 6. The molecule has 0 heterocycles. The Kier molecular flexibility index (Phi) is 5.80. The van der Waals surface area contributed by atoms with Gasteiger partial charge in [0.15, 0.2) is 0 Å². The summed E-state index contributed by atoms with van der Waals surface area (Å²) >= 11 is 0. The van der Waals surface area contributed by atoms with E-state index in [1.54, 1.807) is 18.9 Å². The third-order valence-corrected chi connectivity index (χ3v) is 4.19. The number of hydrogen-bond donors (Lipinski definition) is 2. The van der Waals surface area contributed by atoms with Crippen LogP contribution in [0.25, 0.3) is 0 Å². The number of hydrogen-bond acceptors (Lipinski definition) is 3. The lowest BCUT2D eigenvalue weighted by molar-refractivity contribution is -0.148. The lowest BCUT2D eigenvalue weighted by Gasteiger charge is -2.29. The number of carboxylic acid groups (broad SMARTS) is 1. The van der Waals surface area contributed by atoms with Crippen LogP contribution in [0.5, 0.6) is 0 Å². The molecular formula is C14H27N3O3. The van der Waals surface area contributed by atoms with Crippen LogP contribution in [-0.4, -0.2) is 67.2 Å². The van der Waals surface area contributed by atoms with Crippen molar-refractivity contribution in [1.29, 1.82) is 0 Å². The molecule has 0 spiro atoms. The summed E-state index contributed by atoms with van der Waals surface area (Å²) in [6, 6.07) is -0.452. The Morgan fingerprint density at radius 3 is 2.50 bits per heavy atom. The number of carbonyl (C=O) groups is 2. The van der Waals surface area contributed by atoms with Gasteiger partial charge in [-0.15, -0.1) is 0 Å². The molecule has 20 heavy (non-hydrogen) atoms. The second kappa shape index (κ2) is 6.92. The summed E-state index contributed by atoms with van der Waals surface area (Å²) < 4.78 is 0. The second-order valence-electron chi connectivity index (χ2n) is 6.20. The van der Waals surface area contributed by atoms with Crippen molar-refractivity contribution >= 4 is 12.0 Å². The Bertz CT molecular complexity index is 360. The Morgan fingerprint density at radius 1 is 1.30 bits per heavy atom. The van der Waals surface area contributed by atoms with Crippen LogP contribution < -0.4 is 5.32 Å². The number of nitrogens with zero attached hydrogens (tertiary/aromatic N) is 2. The van der Waals surface area contributed by atoms with Crippen LogP contribution in [0.4, 0.5) is 4.79 Å². The van der Waals surface area contributed by atoms with Crippen molar-refractivity contribution in [2.75, 3.05) is 34.2 Å². The van der Waals surface area contributed by atoms with E-state index in [-0.39, 0.29) is 12.1 Å². The highest BCUT2D eigenvalue weighted by Crippen LogP contribution is 2.38. The highest BCUT2D eigenvalue weighted by molar-refractivity contribution is 5.79. The molecule has 0 radical (unpaired) electrons. The molecule has 1 rings (SSSR count). The van der Waals surface area contributed by atoms with E-state index in [2.05, 4.69) is 10.2 Å². The molecular weight excluding hydrogens is 258 g/mol. The second-order valence-corrected chi connectivity index (χ2v) is 6.20. The first kappa shape index (κ1) is 16.8. The van der Waals surface area contributed by atoms with E-state index in [0.29, 0.717) is 13.0 Å². The molecule has 6 nitrogen and oxygen atoms in total. The number of carboxylic acids is 1. The standard InChI is InChI=1S/C14H27N3O3/c1-14(12(18)19)8-5-7-11(14)15-13(20)17(4)10-6-9-16(2)3/h11H,5-10H2,1-4H3,(H,15,20)(H,18,19). The number of amides is 2. The van der Waals surface area contributed by atoms with Crippen LogP contribution in [0.3, 0.4) is 0 Å². The lowest BCUT2D eigenvalue weighted by Crippen LogP contribution is -2.50. The maximum absolute atomic E-state index is 12.1. The predicted molar refractivity (Wildman–Crippen MR) is 77.7 cm³/mol. The highest BCUT2D eigenvalue weighted by Gasteiger charge is 2.46. The van der Waals surface area contributed by atoms with Crippen LogP contribution in [0.15, 0.2) is 0 Å². The molecule has 2 atom stereocenters. The van der Waals surface area contributed by atoms with E-state index in [4.69, 9.17) is 0 Å². The Labute approximate surface area is 121 Å². The van der Waals surface area contributed by atoms with Crippen LogP contribution in [-0.2, 0) is 4.79 Å². The van der Waals surface area contributed by atoms with Crippen LogP contribution in [0.2, 0.25) is 0 Å². The zero-order valence-corrected chi connectivity index (χ0v) is 13.0. The Balaban J connectivity index is 2.47. The topological polar surface area (TPSA) is 72.9 Å². The number of urea groups is 1. The number of aliphatic carboxylic acids is 1. The van der Waals surface area contributed by atoms with Gasteiger partial charge in [0.25, 0.3) is 0 Å². The smallest absolute Gasteiger partial charge is 0.317 e. The van der Waals surface area contributed by atoms with Gasteiger partial charge in [-0.25, -0.2) is 4.79 Å². The highest BCUT2D eigenvalue weighted by atomic mass is 16.4. The summed E-state index contributed by atoms with van der Waals surface area (Å²) in [7, 11) is 5.74. The van der Waals surface area contributed by atoms with Gasteiger partial charge in [-0.2, -0.15) is 0 Å². The van der Waals surface area contributed by atoms with E-state index in [0.717, 1.165) is 25.8 Å². The molecule has 0 saturated heterocycles. The summed E-state index contributed by atoms with van der Waals surface area (Å²) in [5.74, 6) is -0.824. The largest absolute Gasteiger partial charge is 0.481 e. The van der Waals surface area contributed by atoms with Crippen molar-refractivity contribution in [2.24, 2.45) is 5.41 Å². The van der Waals surface area contributed by atoms with Gasteiger partial charge in [-0.1, -0.05) is 6.42 Å². The average Bonchev–Trinajstić information content (AvgIpc) is 2.71. The summed E-state index contributed by atoms with van der Waals surface area (Å²) in [6.07, 6.45) is 3.10. The van der Waals surface area contributed by atoms with Gasteiger partial charge in [0.1, 0.15) is 0 Å². The summed E-state index contributed by atoms with van der Waals surface area (Å²) in [5.41, 5.74) is -0.833. The van der Waals surface area contributed by atoms with E-state index >= 15 is 0 Å². The van der Waals surface area contributed by atoms with Crippen molar-refractivity contribution in [3.8, 4) is 0 Å². The quantitative estimate of drug-likeness (QED) is 0.769. The Hall–Kier alpha value is -1.30. The first-order chi connectivity index (χ1) is 9.27. The average molecular weight is 285 g/mol. The van der Waals surface area contributed by atoms with Gasteiger partial charge in [0.05, 0.1) is 5.41 Å². The maximum atomic E-state index is 12.1. The molecule has 0 aromatic rings. The van der Waals surface area contributed by atoms with Crippen LogP contribution in [0.1, 0.15) is 32.6 Å². The van der Waals surface area contributed by atoms with Crippen molar-refractivity contribution in [3.05, 3.63) is 0 Å². The van der Waals surface area contributed by atoms with Gasteiger partial charge in [-0.05, 0) is 46.8 Å². The third-order valence-electron chi connectivity index (χ3n) is 4.19. The van der Waals surface area contributed by atoms with E-state index < -0.39 is 11.4 Å². The molecule has 0 bridgehead atoms. The van der Waals surface area contributed by atoms with Crippen molar-refractivity contribution in [1.82, 2.24) is 15.1 Å². The molecule has 0 aliphatic heterocycles. The molecule has 116 valence electrons.